The molecule has 0 bridgehead atoms. The van der Waals surface area contributed by atoms with Crippen LogP contribution in [0.3, 0.4) is 0 Å². The Bertz CT molecular complexity index is 1440. The van der Waals surface area contributed by atoms with Gasteiger partial charge < -0.3 is 20.1 Å². The Hall–Kier alpha value is -2.47. The van der Waals surface area contributed by atoms with E-state index in [1.54, 1.807) is 13.0 Å². The van der Waals surface area contributed by atoms with Crippen molar-refractivity contribution in [2.24, 2.45) is 50.7 Å². The van der Waals surface area contributed by atoms with Crippen LogP contribution in [0.5, 0.6) is 0 Å². The first-order chi connectivity index (χ1) is 20.4. The van der Waals surface area contributed by atoms with Crippen molar-refractivity contribution in [2.45, 2.75) is 85.0 Å². The van der Waals surface area contributed by atoms with Gasteiger partial charge in [0.05, 0.1) is 18.6 Å². The number of carbonyl (C=O) groups is 1. The highest BCUT2D eigenvalue weighted by Gasteiger charge is 2.85. The summed E-state index contributed by atoms with van der Waals surface area (Å²) in [5.74, 6) is -0.365. The van der Waals surface area contributed by atoms with Crippen molar-refractivity contribution in [3.8, 4) is 0 Å². The van der Waals surface area contributed by atoms with Crippen LogP contribution in [-0.2, 0) is 9.53 Å². The van der Waals surface area contributed by atoms with Crippen LogP contribution >= 0.6 is 0 Å². The highest BCUT2D eigenvalue weighted by atomic mass is 16.6. The normalized spacial score (nSPS) is 47.8. The van der Waals surface area contributed by atoms with E-state index in [9.17, 15) is 20.1 Å². The molecule has 3 N–H and O–H groups in total. The fourth-order valence-electron chi connectivity index (χ4n) is 11.6. The van der Waals surface area contributed by atoms with E-state index in [2.05, 4.69) is 82.3 Å². The first-order valence-electron chi connectivity index (χ1n) is 16.3. The van der Waals surface area contributed by atoms with Gasteiger partial charge in [-0.15, -0.1) is 0 Å². The van der Waals surface area contributed by atoms with Crippen molar-refractivity contribution < 1.29 is 24.9 Å². The Balaban J connectivity index is 1.22. The quantitative estimate of drug-likeness (QED) is 0.281. The van der Waals surface area contributed by atoms with E-state index in [0.29, 0.717) is 11.5 Å². The Morgan fingerprint density at radius 3 is 2.56 bits per heavy atom. The number of hydrogen-bond acceptors (Lipinski definition) is 5. The first-order valence-corrected chi connectivity index (χ1v) is 16.3. The molecule has 230 valence electrons. The molecule has 0 radical (unpaired) electrons. The van der Waals surface area contributed by atoms with Crippen molar-refractivity contribution in [1.82, 2.24) is 0 Å². The van der Waals surface area contributed by atoms with E-state index >= 15 is 0 Å². The van der Waals surface area contributed by atoms with Crippen LogP contribution in [-0.4, -0.2) is 46.2 Å². The summed E-state index contributed by atoms with van der Waals surface area (Å²) in [5.41, 5.74) is 2.58. The van der Waals surface area contributed by atoms with Gasteiger partial charge in [-0.3, -0.25) is 4.79 Å². The van der Waals surface area contributed by atoms with Gasteiger partial charge in [0.15, 0.2) is 0 Å². The fourth-order valence-corrected chi connectivity index (χ4v) is 11.6. The number of hydrogen-bond donors (Lipinski definition) is 3. The summed E-state index contributed by atoms with van der Waals surface area (Å²) < 4.78 is 5.67. The van der Waals surface area contributed by atoms with Crippen LogP contribution in [0.25, 0.3) is 6.08 Å². The number of ether oxygens (including phenoxy) is 1. The lowest BCUT2D eigenvalue weighted by Gasteiger charge is -2.66. The van der Waals surface area contributed by atoms with E-state index in [1.807, 2.05) is 6.07 Å². The molecule has 1 saturated heterocycles. The molecule has 0 unspecified atom stereocenters. The average molecular weight is 585 g/mol. The molecular formula is C38H48O5. The van der Waals surface area contributed by atoms with Gasteiger partial charge in [0.1, 0.15) is 12.2 Å². The third-order valence-corrected chi connectivity index (χ3v) is 13.8. The molecule has 1 aromatic rings. The maximum Gasteiger partial charge on any atom is 0.312 e. The van der Waals surface area contributed by atoms with Crippen molar-refractivity contribution >= 4 is 12.0 Å². The van der Waals surface area contributed by atoms with Gasteiger partial charge in [-0.1, -0.05) is 88.4 Å². The van der Waals surface area contributed by atoms with Crippen molar-refractivity contribution in [1.29, 1.82) is 0 Å². The van der Waals surface area contributed by atoms with Crippen LogP contribution in [0.1, 0.15) is 72.3 Å². The molecule has 1 aromatic carbocycles. The predicted octanol–water partition coefficient (Wildman–Crippen LogP) is 6.26. The van der Waals surface area contributed by atoms with E-state index < -0.39 is 24.2 Å². The molecule has 0 spiro atoms. The minimum Gasteiger partial charge on any atom is -0.455 e. The number of benzene rings is 1. The van der Waals surface area contributed by atoms with Crippen LogP contribution in [0.4, 0.5) is 0 Å². The van der Waals surface area contributed by atoms with Gasteiger partial charge in [0.2, 0.25) is 0 Å². The Morgan fingerprint density at radius 2 is 1.84 bits per heavy atom. The molecule has 1 heterocycles. The zero-order valence-corrected chi connectivity index (χ0v) is 26.3. The van der Waals surface area contributed by atoms with E-state index in [-0.39, 0.29) is 51.5 Å². The highest BCUT2D eigenvalue weighted by Crippen LogP contribution is 2.89. The van der Waals surface area contributed by atoms with Crippen molar-refractivity contribution in [3.63, 3.8) is 0 Å². The minimum atomic E-state index is -0.923. The molecule has 11 atom stereocenters. The zero-order valence-electron chi connectivity index (χ0n) is 26.3. The maximum atomic E-state index is 13.2. The molecule has 0 aromatic heterocycles. The summed E-state index contributed by atoms with van der Waals surface area (Å²) >= 11 is 0. The lowest BCUT2D eigenvalue weighted by atomic mass is 9.39. The number of aliphatic hydroxyl groups is 3. The second-order valence-electron chi connectivity index (χ2n) is 15.8. The van der Waals surface area contributed by atoms with Crippen LogP contribution in [0.2, 0.25) is 0 Å². The maximum absolute atomic E-state index is 13.2. The molecule has 5 aliphatic carbocycles. The highest BCUT2D eigenvalue weighted by molar-refractivity contribution is 5.77. The number of cyclic esters (lactones) is 1. The number of esters is 1. The molecule has 3 saturated carbocycles. The van der Waals surface area contributed by atoms with Crippen LogP contribution < -0.4 is 0 Å². The second-order valence-corrected chi connectivity index (χ2v) is 15.8. The van der Waals surface area contributed by atoms with Gasteiger partial charge in [-0.05, 0) is 101 Å². The van der Waals surface area contributed by atoms with E-state index in [0.717, 1.165) is 32.1 Å². The molecule has 5 heteroatoms. The molecular weight excluding hydrogens is 536 g/mol. The van der Waals surface area contributed by atoms with Crippen LogP contribution in [0, 0.1) is 50.7 Å². The molecule has 0 amide bonds. The summed E-state index contributed by atoms with van der Waals surface area (Å²) in [5, 5.41) is 33.1. The summed E-state index contributed by atoms with van der Waals surface area (Å²) in [6.07, 6.45) is 15.9. The molecule has 7 rings (SSSR count). The summed E-state index contributed by atoms with van der Waals surface area (Å²) in [7, 11) is 0. The Morgan fingerprint density at radius 1 is 1.09 bits per heavy atom. The smallest absolute Gasteiger partial charge is 0.312 e. The lowest BCUT2D eigenvalue weighted by Crippen LogP contribution is -2.63. The molecule has 4 fully saturated rings. The standard InChI is InChI=1S/C38H48O5/c1-23(21-39)19-27-32(41)31(33(42)43-27)26-14-18-38-22-37(26,38)17-15-28-35(4)16-13-25(12-11-24-9-7-6-8-10-24)34(2,3)29(35)20-30(40)36(28,38)5/h6-13,15,17,19,26-32,39-41H,14,16,18,20-22H2,1-5H3/b12-11-,23-19+/t26-,27-,28+,29-,30+,31+,32-,35+,36-,37+,38+/m0/s1. The summed E-state index contributed by atoms with van der Waals surface area (Å²) in [6, 6.07) is 10.4. The van der Waals surface area contributed by atoms with Gasteiger partial charge in [0, 0.05) is 5.41 Å². The topological polar surface area (TPSA) is 87.0 Å². The third kappa shape index (κ3) is 3.71. The van der Waals surface area contributed by atoms with Gasteiger partial charge in [-0.2, -0.15) is 0 Å². The van der Waals surface area contributed by atoms with Crippen molar-refractivity contribution in [3.05, 3.63) is 77.4 Å². The van der Waals surface area contributed by atoms with Gasteiger partial charge in [-0.25, -0.2) is 0 Å². The first kappa shape index (κ1) is 29.3. The third-order valence-electron chi connectivity index (χ3n) is 13.8. The minimum absolute atomic E-state index is 0.00314. The zero-order chi connectivity index (χ0) is 30.6. The molecule has 43 heavy (non-hydrogen) atoms. The number of aliphatic hydroxyl groups excluding tert-OH is 3. The van der Waals surface area contributed by atoms with Crippen molar-refractivity contribution in [2.75, 3.05) is 6.61 Å². The average Bonchev–Trinajstić information content (AvgIpc) is 3.46. The van der Waals surface area contributed by atoms with Crippen LogP contribution in [0.15, 0.2) is 71.9 Å². The number of fused-ring (bicyclic) bond motifs is 3. The predicted molar refractivity (Wildman–Crippen MR) is 167 cm³/mol. The van der Waals surface area contributed by atoms with Gasteiger partial charge in [0.25, 0.3) is 0 Å². The molecule has 6 aliphatic rings. The monoisotopic (exact) mass is 584 g/mol. The number of allylic oxidation sites excluding steroid dienone is 5. The van der Waals surface area contributed by atoms with Gasteiger partial charge >= 0.3 is 5.97 Å². The number of rotatable bonds is 5. The molecule has 5 nitrogen and oxygen atoms in total. The Kier molecular flexibility index (Phi) is 6.47. The number of carbonyl (C=O) groups excluding carboxylic acids is 1. The Labute approximate surface area is 256 Å². The molecule has 1 aliphatic heterocycles. The second kappa shape index (κ2) is 9.52. The van der Waals surface area contributed by atoms with E-state index in [1.165, 1.54) is 11.1 Å². The fraction of sp³-hybridized carbons (Fsp3) is 0.605. The van der Waals surface area contributed by atoms with E-state index in [4.69, 9.17) is 4.74 Å². The SMILES string of the molecule is C/C(=C\[C@@H]1OC(=O)[C@H]([C@@H]2CC[C@]34C[C@]23C=C[C@@H]2[C@@]3(C)CC=C(/C=C\c5ccccc5)C(C)(C)[C@@H]3C[C@@H](O)[C@]24C)[C@H]1O)CO. The lowest BCUT2D eigenvalue weighted by molar-refractivity contribution is -0.182. The summed E-state index contributed by atoms with van der Waals surface area (Å²) in [4.78, 5) is 13.2. The largest absolute Gasteiger partial charge is 0.455 e. The summed E-state index contributed by atoms with van der Waals surface area (Å²) in [6.45, 7) is 11.2.